The normalized spacial score (nSPS) is 16.8. The number of hydrogen-bond donors (Lipinski definition) is 0. The monoisotopic (exact) mass is 336 g/mol. The van der Waals surface area contributed by atoms with E-state index in [-0.39, 0.29) is 12.1 Å². The van der Waals surface area contributed by atoms with Crippen LogP contribution in [0.4, 0.5) is 4.79 Å². The SMILES string of the molecule is CC(C)(C)OC(=O)N1CCC(n2nnc3cc(Cl)ccc32)CC1. The summed E-state index contributed by atoms with van der Waals surface area (Å²) in [7, 11) is 0. The molecule has 1 saturated heterocycles. The van der Waals surface area contributed by atoms with Gasteiger partial charge in [-0.25, -0.2) is 9.48 Å². The zero-order chi connectivity index (χ0) is 16.6. The van der Waals surface area contributed by atoms with Crippen molar-refractivity contribution in [2.45, 2.75) is 45.3 Å². The molecule has 1 aliphatic heterocycles. The highest BCUT2D eigenvalue weighted by atomic mass is 35.5. The molecule has 0 atom stereocenters. The molecule has 6 nitrogen and oxygen atoms in total. The summed E-state index contributed by atoms with van der Waals surface area (Å²) in [6.45, 7) is 6.96. The molecule has 1 fully saturated rings. The van der Waals surface area contributed by atoms with Crippen LogP contribution in [0.15, 0.2) is 18.2 Å². The van der Waals surface area contributed by atoms with Crippen molar-refractivity contribution in [3.05, 3.63) is 23.2 Å². The number of amides is 1. The lowest BCUT2D eigenvalue weighted by molar-refractivity contribution is 0.0185. The summed E-state index contributed by atoms with van der Waals surface area (Å²) in [6.07, 6.45) is 1.42. The van der Waals surface area contributed by atoms with E-state index in [0.717, 1.165) is 23.9 Å². The number of ether oxygens (including phenoxy) is 1. The van der Waals surface area contributed by atoms with Gasteiger partial charge >= 0.3 is 6.09 Å². The molecule has 0 aliphatic carbocycles. The molecule has 1 amide bonds. The first-order chi connectivity index (χ1) is 10.8. The molecule has 1 aromatic heterocycles. The summed E-state index contributed by atoms with van der Waals surface area (Å²) < 4.78 is 7.37. The van der Waals surface area contributed by atoms with Gasteiger partial charge in [-0.1, -0.05) is 16.8 Å². The molecule has 0 N–H and O–H groups in total. The van der Waals surface area contributed by atoms with Gasteiger partial charge in [0.2, 0.25) is 0 Å². The Balaban J connectivity index is 1.67. The molecule has 124 valence electrons. The smallest absolute Gasteiger partial charge is 0.410 e. The summed E-state index contributed by atoms with van der Waals surface area (Å²) >= 11 is 5.99. The third-order valence-electron chi connectivity index (χ3n) is 3.90. The number of halogens is 1. The Kier molecular flexibility index (Phi) is 4.19. The molecule has 1 aromatic carbocycles. The van der Waals surface area contributed by atoms with Crippen LogP contribution in [0, 0.1) is 0 Å². The minimum absolute atomic E-state index is 0.236. The van der Waals surface area contributed by atoms with Crippen LogP contribution < -0.4 is 0 Å². The van der Waals surface area contributed by atoms with Gasteiger partial charge in [0.05, 0.1) is 11.6 Å². The summed E-state index contributed by atoms with van der Waals surface area (Å²) in [4.78, 5) is 13.9. The van der Waals surface area contributed by atoms with E-state index >= 15 is 0 Å². The van der Waals surface area contributed by atoms with Crippen LogP contribution >= 0.6 is 11.6 Å². The predicted octanol–water partition coefficient (Wildman–Crippen LogP) is 3.66. The maximum Gasteiger partial charge on any atom is 0.410 e. The van der Waals surface area contributed by atoms with Gasteiger partial charge in [0, 0.05) is 18.1 Å². The molecule has 0 saturated carbocycles. The molecular weight excluding hydrogens is 316 g/mol. The Morgan fingerprint density at radius 2 is 2.00 bits per heavy atom. The van der Waals surface area contributed by atoms with Crippen LogP contribution in [0.1, 0.15) is 39.7 Å². The predicted molar refractivity (Wildman–Crippen MR) is 88.6 cm³/mol. The quantitative estimate of drug-likeness (QED) is 0.797. The highest BCUT2D eigenvalue weighted by molar-refractivity contribution is 6.31. The van der Waals surface area contributed by atoms with Crippen LogP contribution in [-0.2, 0) is 4.74 Å². The van der Waals surface area contributed by atoms with E-state index in [9.17, 15) is 4.79 Å². The second-order valence-electron chi connectivity index (χ2n) is 6.87. The van der Waals surface area contributed by atoms with Crippen LogP contribution in [0.5, 0.6) is 0 Å². The van der Waals surface area contributed by atoms with E-state index in [0.29, 0.717) is 18.1 Å². The van der Waals surface area contributed by atoms with Gasteiger partial charge in [0.1, 0.15) is 11.1 Å². The maximum atomic E-state index is 12.1. The molecule has 23 heavy (non-hydrogen) atoms. The molecule has 0 bridgehead atoms. The topological polar surface area (TPSA) is 60.2 Å². The second kappa shape index (κ2) is 6.00. The Hall–Kier alpha value is -1.82. The minimum Gasteiger partial charge on any atom is -0.444 e. The molecule has 1 aliphatic rings. The lowest BCUT2D eigenvalue weighted by Gasteiger charge is -2.33. The fraction of sp³-hybridized carbons (Fsp3) is 0.562. The first-order valence-electron chi connectivity index (χ1n) is 7.82. The van der Waals surface area contributed by atoms with E-state index in [1.54, 1.807) is 4.90 Å². The van der Waals surface area contributed by atoms with Gasteiger partial charge in [-0.3, -0.25) is 0 Å². The van der Waals surface area contributed by atoms with Crippen molar-refractivity contribution in [1.29, 1.82) is 0 Å². The highest BCUT2D eigenvalue weighted by Crippen LogP contribution is 2.27. The molecule has 2 heterocycles. The number of aromatic nitrogens is 3. The Morgan fingerprint density at radius 1 is 1.30 bits per heavy atom. The van der Waals surface area contributed by atoms with Gasteiger partial charge in [-0.05, 0) is 51.8 Å². The van der Waals surface area contributed by atoms with Crippen molar-refractivity contribution < 1.29 is 9.53 Å². The van der Waals surface area contributed by atoms with Crippen LogP contribution in [0.3, 0.4) is 0 Å². The van der Waals surface area contributed by atoms with Gasteiger partial charge in [0.15, 0.2) is 0 Å². The summed E-state index contributed by atoms with van der Waals surface area (Å²) in [5.41, 5.74) is 1.31. The summed E-state index contributed by atoms with van der Waals surface area (Å²) in [6, 6.07) is 5.84. The third kappa shape index (κ3) is 3.58. The van der Waals surface area contributed by atoms with Crippen LogP contribution in [-0.4, -0.2) is 44.7 Å². The number of nitrogens with zero attached hydrogens (tertiary/aromatic N) is 4. The molecule has 3 rings (SSSR count). The Labute approximate surface area is 140 Å². The number of piperidine rings is 1. The van der Waals surface area contributed by atoms with Gasteiger partial charge < -0.3 is 9.64 Å². The van der Waals surface area contributed by atoms with E-state index in [1.165, 1.54) is 0 Å². The van der Waals surface area contributed by atoms with Gasteiger partial charge in [-0.2, -0.15) is 0 Å². The average Bonchev–Trinajstić information content (AvgIpc) is 2.88. The molecule has 0 spiro atoms. The van der Waals surface area contributed by atoms with Crippen LogP contribution in [0.2, 0.25) is 5.02 Å². The molecule has 0 unspecified atom stereocenters. The second-order valence-corrected chi connectivity index (χ2v) is 7.30. The Bertz CT molecular complexity index is 714. The fourth-order valence-electron chi connectivity index (χ4n) is 2.80. The van der Waals surface area contributed by atoms with E-state index < -0.39 is 5.60 Å². The number of fused-ring (bicyclic) bond motifs is 1. The zero-order valence-corrected chi connectivity index (χ0v) is 14.4. The fourth-order valence-corrected chi connectivity index (χ4v) is 2.97. The molecule has 2 aromatic rings. The number of benzene rings is 1. The van der Waals surface area contributed by atoms with Gasteiger partial charge in [-0.15, -0.1) is 5.10 Å². The maximum absolute atomic E-state index is 12.1. The number of carbonyl (C=O) groups excluding carboxylic acids is 1. The third-order valence-corrected chi connectivity index (χ3v) is 4.13. The number of rotatable bonds is 1. The standard InChI is InChI=1S/C16H21ClN4O2/c1-16(2,3)23-15(22)20-8-6-12(7-9-20)21-14-5-4-11(17)10-13(14)18-19-21/h4-5,10,12H,6-9H2,1-3H3. The van der Waals surface area contributed by atoms with E-state index in [1.807, 2.05) is 43.7 Å². The average molecular weight is 337 g/mol. The largest absolute Gasteiger partial charge is 0.444 e. The lowest BCUT2D eigenvalue weighted by atomic mass is 10.1. The van der Waals surface area contributed by atoms with Crippen molar-refractivity contribution in [3.63, 3.8) is 0 Å². The molecule has 7 heteroatoms. The van der Waals surface area contributed by atoms with Crippen molar-refractivity contribution >= 4 is 28.7 Å². The zero-order valence-electron chi connectivity index (χ0n) is 13.6. The van der Waals surface area contributed by atoms with Crippen molar-refractivity contribution in [3.8, 4) is 0 Å². The van der Waals surface area contributed by atoms with Gasteiger partial charge in [0.25, 0.3) is 0 Å². The first kappa shape index (κ1) is 16.1. The summed E-state index contributed by atoms with van der Waals surface area (Å²) in [5, 5.41) is 9.10. The van der Waals surface area contributed by atoms with Crippen molar-refractivity contribution in [2.24, 2.45) is 0 Å². The van der Waals surface area contributed by atoms with E-state index in [4.69, 9.17) is 16.3 Å². The first-order valence-corrected chi connectivity index (χ1v) is 8.20. The van der Waals surface area contributed by atoms with Crippen molar-refractivity contribution in [1.82, 2.24) is 19.9 Å². The summed E-state index contributed by atoms with van der Waals surface area (Å²) in [5.74, 6) is 0. The Morgan fingerprint density at radius 3 is 2.65 bits per heavy atom. The lowest BCUT2D eigenvalue weighted by Crippen LogP contribution is -2.42. The number of hydrogen-bond acceptors (Lipinski definition) is 4. The molecular formula is C16H21ClN4O2. The van der Waals surface area contributed by atoms with Crippen molar-refractivity contribution in [2.75, 3.05) is 13.1 Å². The number of carbonyl (C=O) groups is 1. The molecule has 0 radical (unpaired) electrons. The number of likely N-dealkylation sites (tertiary alicyclic amines) is 1. The van der Waals surface area contributed by atoms with Crippen LogP contribution in [0.25, 0.3) is 11.0 Å². The minimum atomic E-state index is -0.463. The van der Waals surface area contributed by atoms with E-state index in [2.05, 4.69) is 10.3 Å². The highest BCUT2D eigenvalue weighted by Gasteiger charge is 2.28.